The van der Waals surface area contributed by atoms with E-state index in [4.69, 9.17) is 4.98 Å². The summed E-state index contributed by atoms with van der Waals surface area (Å²) >= 11 is 0. The summed E-state index contributed by atoms with van der Waals surface area (Å²) in [6, 6.07) is 17.9. The highest BCUT2D eigenvalue weighted by Gasteiger charge is 2.16. The molecule has 24 heavy (non-hydrogen) atoms. The van der Waals surface area contributed by atoms with Gasteiger partial charge in [-0.2, -0.15) is 0 Å². The first-order valence-electron chi connectivity index (χ1n) is 9.18. The van der Waals surface area contributed by atoms with E-state index < -0.39 is 0 Å². The lowest BCUT2D eigenvalue weighted by molar-refractivity contribution is 0.444. The molecule has 0 N–H and O–H groups in total. The second-order valence-corrected chi connectivity index (χ2v) is 7.36. The van der Waals surface area contributed by atoms with Crippen LogP contribution in [0.2, 0.25) is 0 Å². The monoisotopic (exact) mass is 315 g/mol. The number of nitrogens with zero attached hydrogens (tertiary/aromatic N) is 1. The summed E-state index contributed by atoms with van der Waals surface area (Å²) in [4.78, 5) is 4.98. The second-order valence-electron chi connectivity index (χ2n) is 7.36. The molecule has 0 bridgehead atoms. The van der Waals surface area contributed by atoms with Gasteiger partial charge in [0.25, 0.3) is 0 Å². The Hall–Kier alpha value is -2.15. The zero-order valence-electron chi connectivity index (χ0n) is 14.7. The molecule has 0 spiro atoms. The van der Waals surface area contributed by atoms with Crippen molar-refractivity contribution < 1.29 is 0 Å². The van der Waals surface area contributed by atoms with Crippen molar-refractivity contribution in [1.29, 1.82) is 0 Å². The van der Waals surface area contributed by atoms with Crippen LogP contribution in [0.15, 0.2) is 48.5 Å². The number of rotatable bonds is 2. The van der Waals surface area contributed by atoms with Gasteiger partial charge in [0.15, 0.2) is 0 Å². The minimum Gasteiger partial charge on any atom is -0.248 e. The molecule has 0 saturated heterocycles. The van der Waals surface area contributed by atoms with E-state index in [0.29, 0.717) is 0 Å². The molecular formula is C23H25N. The number of hydrogen-bond donors (Lipinski definition) is 0. The molecular weight excluding hydrogens is 290 g/mol. The molecule has 0 radical (unpaired) electrons. The minimum absolute atomic E-state index is 0.731. The zero-order chi connectivity index (χ0) is 16.5. The Morgan fingerprint density at radius 1 is 0.792 bits per heavy atom. The van der Waals surface area contributed by atoms with E-state index in [0.717, 1.165) is 17.1 Å². The van der Waals surface area contributed by atoms with Gasteiger partial charge < -0.3 is 0 Å². The zero-order valence-corrected chi connectivity index (χ0v) is 14.7. The molecule has 1 fully saturated rings. The SMILES string of the molecule is Cc1cc(C)cc(-c2ccc3ccc(C4CCCCC4)cc3n2)c1. The molecule has 3 aromatic rings. The molecule has 2 aromatic carbocycles. The van der Waals surface area contributed by atoms with Crippen LogP contribution in [-0.2, 0) is 0 Å². The number of hydrogen-bond acceptors (Lipinski definition) is 1. The lowest BCUT2D eigenvalue weighted by atomic mass is 9.84. The molecule has 1 aliphatic carbocycles. The van der Waals surface area contributed by atoms with Crippen molar-refractivity contribution in [2.24, 2.45) is 0 Å². The third-order valence-corrected chi connectivity index (χ3v) is 5.31. The first-order chi connectivity index (χ1) is 11.7. The Kier molecular flexibility index (Phi) is 4.10. The molecule has 1 aliphatic rings. The van der Waals surface area contributed by atoms with Crippen LogP contribution in [-0.4, -0.2) is 4.98 Å². The van der Waals surface area contributed by atoms with Crippen molar-refractivity contribution in [3.05, 3.63) is 65.2 Å². The third kappa shape index (κ3) is 3.08. The number of fused-ring (bicyclic) bond motifs is 1. The first kappa shape index (κ1) is 15.4. The lowest BCUT2D eigenvalue weighted by Crippen LogP contribution is -2.04. The molecule has 0 aliphatic heterocycles. The highest BCUT2D eigenvalue weighted by Crippen LogP contribution is 2.34. The van der Waals surface area contributed by atoms with Gasteiger partial charge in [0.05, 0.1) is 11.2 Å². The van der Waals surface area contributed by atoms with E-state index in [1.165, 1.54) is 59.7 Å². The van der Waals surface area contributed by atoms with Crippen molar-refractivity contribution in [3.8, 4) is 11.3 Å². The highest BCUT2D eigenvalue weighted by atomic mass is 14.7. The third-order valence-electron chi connectivity index (χ3n) is 5.31. The number of aromatic nitrogens is 1. The molecule has 4 rings (SSSR count). The van der Waals surface area contributed by atoms with E-state index in [-0.39, 0.29) is 0 Å². The number of benzene rings is 2. The maximum atomic E-state index is 4.98. The first-order valence-corrected chi connectivity index (χ1v) is 9.18. The average Bonchev–Trinajstić information content (AvgIpc) is 2.61. The van der Waals surface area contributed by atoms with Crippen LogP contribution in [0.4, 0.5) is 0 Å². The van der Waals surface area contributed by atoms with Crippen molar-refractivity contribution in [2.75, 3.05) is 0 Å². The summed E-state index contributed by atoms with van der Waals surface area (Å²) in [7, 11) is 0. The van der Waals surface area contributed by atoms with Crippen LogP contribution >= 0.6 is 0 Å². The van der Waals surface area contributed by atoms with Gasteiger partial charge in [-0.15, -0.1) is 0 Å². The van der Waals surface area contributed by atoms with Crippen molar-refractivity contribution in [2.45, 2.75) is 51.9 Å². The Morgan fingerprint density at radius 3 is 2.25 bits per heavy atom. The van der Waals surface area contributed by atoms with E-state index in [1.807, 2.05) is 0 Å². The summed E-state index contributed by atoms with van der Waals surface area (Å²) in [5.41, 5.74) is 7.50. The Morgan fingerprint density at radius 2 is 1.50 bits per heavy atom. The molecule has 1 saturated carbocycles. The fourth-order valence-electron chi connectivity index (χ4n) is 4.11. The van der Waals surface area contributed by atoms with Crippen molar-refractivity contribution in [1.82, 2.24) is 4.98 Å². The minimum atomic E-state index is 0.731. The van der Waals surface area contributed by atoms with Crippen LogP contribution in [0.1, 0.15) is 54.7 Å². The molecule has 0 atom stereocenters. The maximum absolute atomic E-state index is 4.98. The maximum Gasteiger partial charge on any atom is 0.0712 e. The Labute approximate surface area is 144 Å². The van der Waals surface area contributed by atoms with Gasteiger partial charge in [-0.05, 0) is 62.4 Å². The fraction of sp³-hybridized carbons (Fsp3) is 0.348. The van der Waals surface area contributed by atoms with Crippen LogP contribution in [0.25, 0.3) is 22.2 Å². The molecule has 122 valence electrons. The molecule has 1 aromatic heterocycles. The van der Waals surface area contributed by atoms with Gasteiger partial charge >= 0.3 is 0 Å². The summed E-state index contributed by atoms with van der Waals surface area (Å²) in [6.45, 7) is 4.30. The predicted molar refractivity (Wildman–Crippen MR) is 102 cm³/mol. The average molecular weight is 315 g/mol. The van der Waals surface area contributed by atoms with Gasteiger partial charge in [0, 0.05) is 10.9 Å². The van der Waals surface area contributed by atoms with Crippen LogP contribution in [0.5, 0.6) is 0 Å². The van der Waals surface area contributed by atoms with Crippen molar-refractivity contribution >= 4 is 10.9 Å². The second kappa shape index (κ2) is 6.39. The molecule has 1 heterocycles. The molecule has 0 amide bonds. The molecule has 1 nitrogen and oxygen atoms in total. The van der Waals surface area contributed by atoms with Gasteiger partial charge in [0.2, 0.25) is 0 Å². The molecule has 1 heteroatoms. The van der Waals surface area contributed by atoms with E-state index in [1.54, 1.807) is 0 Å². The lowest BCUT2D eigenvalue weighted by Gasteiger charge is -2.22. The smallest absolute Gasteiger partial charge is 0.0712 e. The van der Waals surface area contributed by atoms with Crippen molar-refractivity contribution in [3.63, 3.8) is 0 Å². The highest BCUT2D eigenvalue weighted by molar-refractivity contribution is 5.82. The Bertz CT molecular complexity index is 852. The van der Waals surface area contributed by atoms with Gasteiger partial charge in [0.1, 0.15) is 0 Å². The largest absolute Gasteiger partial charge is 0.248 e. The van der Waals surface area contributed by atoms with E-state index in [9.17, 15) is 0 Å². The standard InChI is InChI=1S/C23H25N/c1-16-12-17(2)14-21(13-16)22-11-10-19-8-9-20(15-23(19)24-22)18-6-4-3-5-7-18/h8-15,18H,3-7H2,1-2H3. The van der Waals surface area contributed by atoms with E-state index >= 15 is 0 Å². The summed E-state index contributed by atoms with van der Waals surface area (Å²) in [6.07, 6.45) is 6.82. The Balaban J connectivity index is 1.75. The van der Waals surface area contributed by atoms with Crippen LogP contribution < -0.4 is 0 Å². The van der Waals surface area contributed by atoms with Crippen LogP contribution in [0.3, 0.4) is 0 Å². The van der Waals surface area contributed by atoms with Gasteiger partial charge in [-0.3, -0.25) is 0 Å². The van der Waals surface area contributed by atoms with Gasteiger partial charge in [-0.25, -0.2) is 4.98 Å². The summed E-state index contributed by atoms with van der Waals surface area (Å²) in [5.74, 6) is 0.731. The quantitative estimate of drug-likeness (QED) is 0.521. The molecule has 0 unspecified atom stereocenters. The normalized spacial score (nSPS) is 15.8. The topological polar surface area (TPSA) is 12.9 Å². The van der Waals surface area contributed by atoms with E-state index in [2.05, 4.69) is 62.4 Å². The number of aryl methyl sites for hydroxylation is 2. The van der Waals surface area contributed by atoms with Crippen LogP contribution in [0, 0.1) is 13.8 Å². The predicted octanol–water partition coefficient (Wildman–Crippen LogP) is 6.57. The van der Waals surface area contributed by atoms with Gasteiger partial charge in [-0.1, -0.05) is 54.7 Å². The number of pyridine rings is 1. The summed E-state index contributed by atoms with van der Waals surface area (Å²) < 4.78 is 0. The summed E-state index contributed by atoms with van der Waals surface area (Å²) in [5, 5.41) is 1.24. The fourth-order valence-corrected chi connectivity index (χ4v) is 4.11.